The number of benzene rings is 1. The van der Waals surface area contributed by atoms with Crippen molar-refractivity contribution in [2.75, 3.05) is 0 Å². The van der Waals surface area contributed by atoms with Crippen molar-refractivity contribution in [3.63, 3.8) is 0 Å². The summed E-state index contributed by atoms with van der Waals surface area (Å²) < 4.78 is 8.05. The number of hydrogen-bond donors (Lipinski definition) is 0. The molecule has 0 spiro atoms. The molecule has 0 unspecified atom stereocenters. The third-order valence-corrected chi connectivity index (χ3v) is 7.88. The van der Waals surface area contributed by atoms with Gasteiger partial charge in [0.05, 0.1) is 11.6 Å². The van der Waals surface area contributed by atoms with Crippen LogP contribution in [0.5, 0.6) is 0 Å². The Morgan fingerprint density at radius 1 is 0.840 bits per heavy atom. The second kappa shape index (κ2) is 8.95. The second-order valence-corrected chi connectivity index (χ2v) is 8.50. The van der Waals surface area contributed by atoms with Crippen LogP contribution >= 0.6 is 79.6 Å². The SMILES string of the molecule is Cn1c(-c2ccc(C#N)cc2)nc(Br)c1Br.Cn1c(Br)nc(Br)c1Br. The van der Waals surface area contributed by atoms with E-state index in [1.165, 1.54) is 0 Å². The number of halogens is 5. The summed E-state index contributed by atoms with van der Waals surface area (Å²) >= 11 is 16.6. The summed E-state index contributed by atoms with van der Waals surface area (Å²) in [6.07, 6.45) is 0. The van der Waals surface area contributed by atoms with Crippen LogP contribution in [-0.4, -0.2) is 19.1 Å². The van der Waals surface area contributed by atoms with Crippen molar-refractivity contribution < 1.29 is 0 Å². The van der Waals surface area contributed by atoms with Crippen molar-refractivity contribution >= 4 is 79.6 Å². The van der Waals surface area contributed by atoms with E-state index in [2.05, 4.69) is 95.7 Å². The lowest BCUT2D eigenvalue weighted by molar-refractivity contribution is 0.860. The van der Waals surface area contributed by atoms with Gasteiger partial charge in [-0.3, -0.25) is 0 Å². The molecular formula is C15H10Br5N5. The standard InChI is InChI=1S/C11H7Br2N3.C4H3Br3N2/c1-16-10(13)9(12)15-11(16)8-4-2-7(6-14)3-5-8;1-9-3(6)2(5)8-4(9)7/h2-5H,1H3;1H3. The van der Waals surface area contributed by atoms with Crippen molar-refractivity contribution in [1.29, 1.82) is 5.26 Å². The van der Waals surface area contributed by atoms with Gasteiger partial charge in [0.25, 0.3) is 0 Å². The van der Waals surface area contributed by atoms with E-state index in [4.69, 9.17) is 5.26 Å². The summed E-state index contributed by atoms with van der Waals surface area (Å²) in [4.78, 5) is 8.44. The number of nitrogens with zero attached hydrogens (tertiary/aromatic N) is 5. The van der Waals surface area contributed by atoms with Gasteiger partial charge in [-0.1, -0.05) is 0 Å². The number of imidazole rings is 2. The molecule has 0 amide bonds. The molecule has 0 fully saturated rings. The zero-order chi connectivity index (χ0) is 18.7. The number of aromatic nitrogens is 4. The van der Waals surface area contributed by atoms with Crippen LogP contribution in [0.2, 0.25) is 0 Å². The van der Waals surface area contributed by atoms with Crippen LogP contribution in [0.15, 0.2) is 47.4 Å². The van der Waals surface area contributed by atoms with E-state index >= 15 is 0 Å². The average molecular weight is 660 g/mol. The molecule has 25 heavy (non-hydrogen) atoms. The lowest BCUT2D eigenvalue weighted by Crippen LogP contribution is -1.92. The maximum Gasteiger partial charge on any atom is 0.178 e. The van der Waals surface area contributed by atoms with Crippen LogP contribution < -0.4 is 0 Å². The van der Waals surface area contributed by atoms with Crippen molar-refractivity contribution in [1.82, 2.24) is 19.1 Å². The molecule has 0 radical (unpaired) electrons. The molecule has 0 bridgehead atoms. The predicted molar refractivity (Wildman–Crippen MR) is 115 cm³/mol. The molecule has 0 saturated heterocycles. The Bertz CT molecular complexity index is 914. The van der Waals surface area contributed by atoms with Gasteiger partial charge < -0.3 is 9.13 Å². The van der Waals surface area contributed by atoms with Crippen LogP contribution in [0.25, 0.3) is 11.4 Å². The summed E-state index contributed by atoms with van der Waals surface area (Å²) in [6.45, 7) is 0. The van der Waals surface area contributed by atoms with Crippen LogP contribution in [0.1, 0.15) is 5.56 Å². The van der Waals surface area contributed by atoms with E-state index in [1.54, 1.807) is 12.1 Å². The van der Waals surface area contributed by atoms with Crippen molar-refractivity contribution in [3.8, 4) is 17.5 Å². The second-order valence-electron chi connectivity index (χ2n) is 4.79. The van der Waals surface area contributed by atoms with E-state index in [0.717, 1.165) is 34.5 Å². The molecule has 1 aromatic carbocycles. The van der Waals surface area contributed by atoms with Crippen molar-refractivity contribution in [2.24, 2.45) is 14.1 Å². The fourth-order valence-electron chi connectivity index (χ4n) is 1.82. The van der Waals surface area contributed by atoms with Crippen LogP contribution in [0.3, 0.4) is 0 Å². The number of rotatable bonds is 1. The van der Waals surface area contributed by atoms with Crippen molar-refractivity contribution in [2.45, 2.75) is 0 Å². The van der Waals surface area contributed by atoms with Gasteiger partial charge in [-0.2, -0.15) is 5.26 Å². The fraction of sp³-hybridized carbons (Fsp3) is 0.133. The Morgan fingerprint density at radius 2 is 1.36 bits per heavy atom. The number of nitriles is 1. The van der Waals surface area contributed by atoms with E-state index in [0.29, 0.717) is 5.56 Å². The molecule has 2 aromatic heterocycles. The van der Waals surface area contributed by atoms with E-state index in [9.17, 15) is 0 Å². The topological polar surface area (TPSA) is 59.4 Å². The lowest BCUT2D eigenvalue weighted by atomic mass is 10.1. The molecule has 10 heteroatoms. The van der Waals surface area contributed by atoms with Gasteiger partial charge in [0.15, 0.2) is 4.73 Å². The van der Waals surface area contributed by atoms with E-state index < -0.39 is 0 Å². The minimum atomic E-state index is 0.649. The van der Waals surface area contributed by atoms with Crippen LogP contribution in [-0.2, 0) is 14.1 Å². The Balaban J connectivity index is 0.000000212. The molecule has 0 atom stereocenters. The molecule has 0 saturated carbocycles. The lowest BCUT2D eigenvalue weighted by Gasteiger charge is -2.02. The molecule has 2 heterocycles. The first-order chi connectivity index (χ1) is 11.8. The molecule has 3 rings (SSSR count). The largest absolute Gasteiger partial charge is 0.321 e. The van der Waals surface area contributed by atoms with Gasteiger partial charge in [-0.05, 0) is 104 Å². The van der Waals surface area contributed by atoms with Gasteiger partial charge in [0, 0.05) is 19.7 Å². The zero-order valence-corrected chi connectivity index (χ0v) is 20.9. The monoisotopic (exact) mass is 655 g/mol. The van der Waals surface area contributed by atoms with Gasteiger partial charge in [0.1, 0.15) is 24.2 Å². The summed E-state index contributed by atoms with van der Waals surface area (Å²) in [7, 11) is 3.83. The zero-order valence-electron chi connectivity index (χ0n) is 12.9. The average Bonchev–Trinajstić information content (AvgIpc) is 3.00. The predicted octanol–water partition coefficient (Wildman–Crippen LogP) is 6.19. The Kier molecular flexibility index (Phi) is 7.46. The molecule has 0 aliphatic rings. The molecule has 3 aromatic rings. The smallest absolute Gasteiger partial charge is 0.178 e. The Labute approximate surface area is 187 Å². The number of hydrogen-bond acceptors (Lipinski definition) is 3. The first-order valence-corrected chi connectivity index (χ1v) is 10.6. The molecule has 0 N–H and O–H groups in total. The molecule has 130 valence electrons. The molecule has 5 nitrogen and oxygen atoms in total. The maximum atomic E-state index is 8.72. The first-order valence-electron chi connectivity index (χ1n) is 6.67. The van der Waals surface area contributed by atoms with Gasteiger partial charge in [-0.25, -0.2) is 9.97 Å². The summed E-state index contributed by atoms with van der Waals surface area (Å²) in [5, 5.41) is 8.72. The summed E-state index contributed by atoms with van der Waals surface area (Å²) in [6, 6.07) is 9.44. The molecule has 0 aliphatic carbocycles. The highest BCUT2D eigenvalue weighted by Gasteiger charge is 2.11. The van der Waals surface area contributed by atoms with Crippen LogP contribution in [0.4, 0.5) is 0 Å². The van der Waals surface area contributed by atoms with Crippen molar-refractivity contribution in [3.05, 3.63) is 53.0 Å². The highest BCUT2D eigenvalue weighted by Crippen LogP contribution is 2.28. The van der Waals surface area contributed by atoms with E-state index in [1.807, 2.05) is 35.4 Å². The summed E-state index contributed by atoms with van der Waals surface area (Å²) in [5.74, 6) is 0.850. The Hall–Kier alpha value is -0.470. The minimum Gasteiger partial charge on any atom is -0.321 e. The normalized spacial score (nSPS) is 10.2. The third kappa shape index (κ3) is 4.83. The maximum absolute atomic E-state index is 8.72. The molecular weight excluding hydrogens is 650 g/mol. The van der Waals surface area contributed by atoms with Gasteiger partial charge >= 0.3 is 0 Å². The van der Waals surface area contributed by atoms with Gasteiger partial charge in [-0.15, -0.1) is 0 Å². The summed E-state index contributed by atoms with van der Waals surface area (Å²) in [5.41, 5.74) is 1.63. The quantitative estimate of drug-likeness (QED) is 0.313. The van der Waals surface area contributed by atoms with Crippen LogP contribution in [0, 0.1) is 11.3 Å². The van der Waals surface area contributed by atoms with Gasteiger partial charge in [0.2, 0.25) is 0 Å². The van der Waals surface area contributed by atoms with E-state index in [-0.39, 0.29) is 0 Å². The minimum absolute atomic E-state index is 0.649. The third-order valence-electron chi connectivity index (χ3n) is 3.19. The fourth-order valence-corrected chi connectivity index (χ4v) is 4.03. The highest BCUT2D eigenvalue weighted by molar-refractivity contribution is 9.13. The Morgan fingerprint density at radius 3 is 1.68 bits per heavy atom. The molecule has 0 aliphatic heterocycles. The first kappa shape index (κ1) is 20.8. The highest BCUT2D eigenvalue weighted by atomic mass is 79.9.